The van der Waals surface area contributed by atoms with E-state index in [9.17, 15) is 4.79 Å². The molecular formula is C21H23Cl3N4O. The number of anilines is 1. The number of nitrogens with one attached hydrogen (secondary N) is 2. The van der Waals surface area contributed by atoms with Crippen LogP contribution in [0.3, 0.4) is 0 Å². The third-order valence-corrected chi connectivity index (χ3v) is 4.80. The zero-order chi connectivity index (χ0) is 17.8. The Morgan fingerprint density at radius 1 is 0.897 bits per heavy atom. The topological polar surface area (TPSA) is 66.9 Å². The van der Waals surface area contributed by atoms with Crippen molar-refractivity contribution in [2.75, 3.05) is 18.4 Å². The zero-order valence-corrected chi connectivity index (χ0v) is 18.0. The minimum Gasteiger partial charge on any atom is -0.326 e. The maximum atomic E-state index is 12.9. The van der Waals surface area contributed by atoms with Crippen molar-refractivity contribution in [3.8, 4) is 11.1 Å². The molecule has 2 atom stereocenters. The number of carbonyl (C=O) groups is 1. The highest BCUT2D eigenvalue weighted by Crippen LogP contribution is 2.29. The smallest absolute Gasteiger partial charge is 0.229 e. The molecule has 0 radical (unpaired) electrons. The molecule has 1 aliphatic rings. The van der Waals surface area contributed by atoms with Gasteiger partial charge in [0.05, 0.1) is 5.92 Å². The van der Waals surface area contributed by atoms with Gasteiger partial charge in [0.1, 0.15) is 6.33 Å². The summed E-state index contributed by atoms with van der Waals surface area (Å²) in [6.07, 6.45) is 5.03. The van der Waals surface area contributed by atoms with Crippen LogP contribution in [-0.2, 0) is 4.79 Å². The van der Waals surface area contributed by atoms with Crippen LogP contribution in [0.1, 0.15) is 11.5 Å². The number of benzene rings is 2. The van der Waals surface area contributed by atoms with E-state index < -0.39 is 0 Å². The first-order chi connectivity index (χ1) is 12.8. The molecule has 8 heteroatoms. The predicted molar refractivity (Wildman–Crippen MR) is 123 cm³/mol. The minimum absolute atomic E-state index is 0. The Bertz CT molecular complexity index is 897. The largest absolute Gasteiger partial charge is 0.326 e. The SMILES string of the molecule is Cl.Cl.Cl.O=C(Nc1cccc(-c2cncnc2)c1)C1CNCC1c1ccccc1. The summed E-state index contributed by atoms with van der Waals surface area (Å²) in [6.45, 7) is 1.51. The number of hydrogen-bond acceptors (Lipinski definition) is 4. The highest BCUT2D eigenvalue weighted by Gasteiger charge is 2.33. The summed E-state index contributed by atoms with van der Waals surface area (Å²) in [5, 5.41) is 6.42. The molecule has 0 spiro atoms. The molecule has 3 aromatic rings. The van der Waals surface area contributed by atoms with Crippen LogP contribution in [0.25, 0.3) is 11.1 Å². The lowest BCUT2D eigenvalue weighted by Gasteiger charge is -2.19. The molecule has 5 nitrogen and oxygen atoms in total. The fourth-order valence-electron chi connectivity index (χ4n) is 3.46. The third-order valence-electron chi connectivity index (χ3n) is 4.80. The van der Waals surface area contributed by atoms with E-state index in [1.54, 1.807) is 12.4 Å². The standard InChI is InChI=1S/C21H20N4O.3ClH/c26-21(20-13-22-12-19(20)15-5-2-1-3-6-15)25-18-8-4-7-16(9-18)17-10-23-14-24-11-17;;;/h1-11,14,19-20,22H,12-13H2,(H,25,26);3*1H. The van der Waals surface area contributed by atoms with E-state index in [4.69, 9.17) is 0 Å². The second-order valence-corrected chi connectivity index (χ2v) is 6.48. The lowest BCUT2D eigenvalue weighted by molar-refractivity contribution is -0.119. The second kappa shape index (κ2) is 11.7. The summed E-state index contributed by atoms with van der Waals surface area (Å²) in [5.41, 5.74) is 3.89. The Morgan fingerprint density at radius 2 is 1.62 bits per heavy atom. The van der Waals surface area contributed by atoms with E-state index in [-0.39, 0.29) is 55.0 Å². The Kier molecular flexibility index (Phi) is 10.1. The van der Waals surface area contributed by atoms with E-state index >= 15 is 0 Å². The van der Waals surface area contributed by atoms with E-state index in [1.807, 2.05) is 42.5 Å². The van der Waals surface area contributed by atoms with Gasteiger partial charge in [0.2, 0.25) is 5.91 Å². The van der Waals surface area contributed by atoms with Gasteiger partial charge in [-0.3, -0.25) is 4.79 Å². The van der Waals surface area contributed by atoms with Crippen LogP contribution >= 0.6 is 37.2 Å². The summed E-state index contributed by atoms with van der Waals surface area (Å²) in [7, 11) is 0. The lowest BCUT2D eigenvalue weighted by Crippen LogP contribution is -2.28. The molecule has 2 aromatic carbocycles. The molecular weight excluding hydrogens is 431 g/mol. The molecule has 29 heavy (non-hydrogen) atoms. The molecule has 1 saturated heterocycles. The molecule has 2 unspecified atom stereocenters. The Balaban J connectivity index is 0.00000140. The first kappa shape index (κ1) is 24.9. The van der Waals surface area contributed by atoms with Crippen LogP contribution in [0.4, 0.5) is 5.69 Å². The highest BCUT2D eigenvalue weighted by molar-refractivity contribution is 5.94. The van der Waals surface area contributed by atoms with Crippen molar-refractivity contribution < 1.29 is 4.79 Å². The molecule has 0 saturated carbocycles. The average molecular weight is 454 g/mol. The maximum absolute atomic E-state index is 12.9. The summed E-state index contributed by atoms with van der Waals surface area (Å²) in [5.74, 6) is 0.160. The Morgan fingerprint density at radius 3 is 2.34 bits per heavy atom. The fourth-order valence-corrected chi connectivity index (χ4v) is 3.46. The van der Waals surface area contributed by atoms with Crippen LogP contribution in [0.15, 0.2) is 73.3 Å². The van der Waals surface area contributed by atoms with Crippen molar-refractivity contribution in [2.24, 2.45) is 5.92 Å². The van der Waals surface area contributed by atoms with Gasteiger partial charge in [-0.25, -0.2) is 9.97 Å². The molecule has 1 fully saturated rings. The number of amides is 1. The molecule has 4 rings (SSSR count). The third kappa shape index (κ3) is 5.90. The van der Waals surface area contributed by atoms with Crippen LogP contribution in [0.5, 0.6) is 0 Å². The predicted octanol–water partition coefficient (Wildman–Crippen LogP) is 4.35. The molecule has 1 aromatic heterocycles. The van der Waals surface area contributed by atoms with Crippen molar-refractivity contribution >= 4 is 48.8 Å². The van der Waals surface area contributed by atoms with Gasteiger partial charge in [-0.15, -0.1) is 37.2 Å². The molecule has 0 bridgehead atoms. The van der Waals surface area contributed by atoms with Gasteiger partial charge in [0.25, 0.3) is 0 Å². The van der Waals surface area contributed by atoms with E-state index in [0.717, 1.165) is 23.4 Å². The van der Waals surface area contributed by atoms with E-state index in [1.165, 1.54) is 11.9 Å². The van der Waals surface area contributed by atoms with Crippen molar-refractivity contribution in [3.05, 3.63) is 78.9 Å². The minimum atomic E-state index is -0.0823. The van der Waals surface area contributed by atoms with Gasteiger partial charge in [0, 0.05) is 42.7 Å². The van der Waals surface area contributed by atoms with Gasteiger partial charge >= 0.3 is 0 Å². The first-order valence-electron chi connectivity index (χ1n) is 8.73. The van der Waals surface area contributed by atoms with Gasteiger partial charge in [0.15, 0.2) is 0 Å². The normalized spacial score (nSPS) is 17.2. The summed E-state index contributed by atoms with van der Waals surface area (Å²) in [4.78, 5) is 21.0. The lowest BCUT2D eigenvalue weighted by atomic mass is 9.88. The molecule has 0 aliphatic carbocycles. The van der Waals surface area contributed by atoms with Crippen LogP contribution in [-0.4, -0.2) is 29.0 Å². The monoisotopic (exact) mass is 452 g/mol. The number of aromatic nitrogens is 2. The highest BCUT2D eigenvalue weighted by atomic mass is 35.5. The van der Waals surface area contributed by atoms with Crippen molar-refractivity contribution in [1.82, 2.24) is 15.3 Å². The Hall–Kier alpha value is -2.18. The molecule has 2 N–H and O–H groups in total. The summed E-state index contributed by atoms with van der Waals surface area (Å²) >= 11 is 0. The second-order valence-electron chi connectivity index (χ2n) is 6.48. The number of rotatable bonds is 4. The van der Waals surface area contributed by atoms with Crippen molar-refractivity contribution in [3.63, 3.8) is 0 Å². The maximum Gasteiger partial charge on any atom is 0.229 e. The van der Waals surface area contributed by atoms with E-state index in [0.29, 0.717) is 6.54 Å². The molecule has 2 heterocycles. The average Bonchev–Trinajstić information content (AvgIpc) is 3.20. The van der Waals surface area contributed by atoms with Crippen LogP contribution < -0.4 is 10.6 Å². The first-order valence-corrected chi connectivity index (χ1v) is 8.73. The zero-order valence-electron chi connectivity index (χ0n) is 15.5. The van der Waals surface area contributed by atoms with Crippen molar-refractivity contribution in [1.29, 1.82) is 0 Å². The number of nitrogens with zero attached hydrogens (tertiary/aromatic N) is 2. The van der Waals surface area contributed by atoms with Crippen LogP contribution in [0.2, 0.25) is 0 Å². The van der Waals surface area contributed by atoms with E-state index in [2.05, 4.69) is 32.7 Å². The molecule has 154 valence electrons. The molecule has 1 aliphatic heterocycles. The van der Waals surface area contributed by atoms with Crippen LogP contribution in [0, 0.1) is 5.92 Å². The number of hydrogen-bond donors (Lipinski definition) is 2. The van der Waals surface area contributed by atoms with Gasteiger partial charge in [-0.05, 0) is 23.3 Å². The van der Waals surface area contributed by atoms with Gasteiger partial charge in [-0.2, -0.15) is 0 Å². The summed E-state index contributed by atoms with van der Waals surface area (Å²) < 4.78 is 0. The molecule has 1 amide bonds. The quantitative estimate of drug-likeness (QED) is 0.616. The van der Waals surface area contributed by atoms with Gasteiger partial charge in [-0.1, -0.05) is 42.5 Å². The summed E-state index contributed by atoms with van der Waals surface area (Å²) in [6, 6.07) is 18.0. The van der Waals surface area contributed by atoms with Crippen molar-refractivity contribution in [2.45, 2.75) is 5.92 Å². The number of halogens is 3. The van der Waals surface area contributed by atoms with Gasteiger partial charge < -0.3 is 10.6 Å². The Labute approximate surface area is 189 Å². The number of carbonyl (C=O) groups excluding carboxylic acids is 1. The fraction of sp³-hybridized carbons (Fsp3) is 0.190.